The van der Waals surface area contributed by atoms with Crippen molar-refractivity contribution in [1.29, 1.82) is 5.41 Å². The van der Waals surface area contributed by atoms with Crippen LogP contribution in [0, 0.1) is 17.2 Å². The van der Waals surface area contributed by atoms with E-state index in [1.54, 1.807) is 0 Å². The second kappa shape index (κ2) is 3.22. The fourth-order valence-corrected chi connectivity index (χ4v) is 1.62. The summed E-state index contributed by atoms with van der Waals surface area (Å²) in [6.45, 7) is 7.35. The van der Waals surface area contributed by atoms with Crippen molar-refractivity contribution in [3.8, 4) is 0 Å². The average Bonchev–Trinajstić information content (AvgIpc) is 2.10. The van der Waals surface area contributed by atoms with Crippen molar-refractivity contribution in [2.45, 2.75) is 13.8 Å². The van der Waals surface area contributed by atoms with Crippen molar-refractivity contribution >= 4 is 5.84 Å². The molecule has 64 valence electrons. The molecular formula is C8H17N3. The molecule has 3 heteroatoms. The van der Waals surface area contributed by atoms with E-state index in [2.05, 4.69) is 18.7 Å². The lowest BCUT2D eigenvalue weighted by atomic mass is 10.0. The second-order valence-corrected chi connectivity index (χ2v) is 3.67. The molecule has 0 aromatic rings. The topological polar surface area (TPSA) is 53.1 Å². The minimum atomic E-state index is 0.284. The number of amidine groups is 1. The molecule has 1 saturated heterocycles. The predicted octanol–water partition coefficient (Wildman–Crippen LogP) is 0.510. The van der Waals surface area contributed by atoms with Gasteiger partial charge in [-0.1, -0.05) is 13.8 Å². The predicted molar refractivity (Wildman–Crippen MR) is 46.7 cm³/mol. The van der Waals surface area contributed by atoms with Crippen LogP contribution in [0.1, 0.15) is 13.8 Å². The van der Waals surface area contributed by atoms with E-state index in [0.29, 0.717) is 6.54 Å². The van der Waals surface area contributed by atoms with E-state index < -0.39 is 0 Å². The van der Waals surface area contributed by atoms with E-state index >= 15 is 0 Å². The number of rotatable bonds is 2. The molecule has 1 heterocycles. The van der Waals surface area contributed by atoms with Crippen LogP contribution in [0.25, 0.3) is 0 Å². The lowest BCUT2D eigenvalue weighted by molar-refractivity contribution is 0.368. The molecule has 3 N–H and O–H groups in total. The average molecular weight is 155 g/mol. The fourth-order valence-electron chi connectivity index (χ4n) is 1.62. The van der Waals surface area contributed by atoms with Gasteiger partial charge in [-0.05, 0) is 11.8 Å². The Bertz CT molecular complexity index is 145. The summed E-state index contributed by atoms with van der Waals surface area (Å²) in [7, 11) is 0. The maximum Gasteiger partial charge on any atom is 0.105 e. The van der Waals surface area contributed by atoms with Gasteiger partial charge in [0, 0.05) is 13.1 Å². The first-order valence-electron chi connectivity index (χ1n) is 4.15. The van der Waals surface area contributed by atoms with Crippen LogP contribution in [0.5, 0.6) is 0 Å². The van der Waals surface area contributed by atoms with E-state index in [-0.39, 0.29) is 5.84 Å². The normalized spacial score (nSPS) is 32.5. The third-order valence-corrected chi connectivity index (χ3v) is 2.46. The Morgan fingerprint density at radius 2 is 1.91 bits per heavy atom. The molecule has 0 radical (unpaired) electrons. The van der Waals surface area contributed by atoms with Crippen LogP contribution >= 0.6 is 0 Å². The Morgan fingerprint density at radius 3 is 2.27 bits per heavy atom. The highest BCUT2D eigenvalue weighted by molar-refractivity contribution is 5.78. The van der Waals surface area contributed by atoms with Crippen molar-refractivity contribution in [2.24, 2.45) is 17.6 Å². The second-order valence-electron chi connectivity index (χ2n) is 3.67. The van der Waals surface area contributed by atoms with Crippen LogP contribution in [0.3, 0.4) is 0 Å². The molecule has 0 aliphatic carbocycles. The lowest BCUT2D eigenvalue weighted by Gasteiger charge is -2.13. The highest BCUT2D eigenvalue weighted by Gasteiger charge is 2.25. The van der Waals surface area contributed by atoms with Crippen LogP contribution in [0.4, 0.5) is 0 Å². The highest BCUT2D eigenvalue weighted by Crippen LogP contribution is 2.21. The fraction of sp³-hybridized carbons (Fsp3) is 0.875. The quantitative estimate of drug-likeness (QED) is 0.451. The lowest BCUT2D eigenvalue weighted by Crippen LogP contribution is -2.31. The molecule has 0 bridgehead atoms. The summed E-state index contributed by atoms with van der Waals surface area (Å²) in [5.74, 6) is 1.80. The van der Waals surface area contributed by atoms with Gasteiger partial charge in [-0.15, -0.1) is 0 Å². The van der Waals surface area contributed by atoms with E-state index in [0.717, 1.165) is 24.9 Å². The summed E-state index contributed by atoms with van der Waals surface area (Å²) in [6.07, 6.45) is 0. The van der Waals surface area contributed by atoms with Crippen LogP contribution in [0.15, 0.2) is 0 Å². The Labute approximate surface area is 68.1 Å². The highest BCUT2D eigenvalue weighted by atomic mass is 15.2. The van der Waals surface area contributed by atoms with Gasteiger partial charge >= 0.3 is 0 Å². The molecular weight excluding hydrogens is 138 g/mol. The van der Waals surface area contributed by atoms with Gasteiger partial charge in [0.05, 0.1) is 6.54 Å². The van der Waals surface area contributed by atoms with Crippen LogP contribution in [-0.2, 0) is 0 Å². The summed E-state index contributed by atoms with van der Waals surface area (Å²) >= 11 is 0. The molecule has 1 fully saturated rings. The van der Waals surface area contributed by atoms with Crippen molar-refractivity contribution in [1.82, 2.24) is 4.90 Å². The zero-order valence-corrected chi connectivity index (χ0v) is 7.30. The Kier molecular flexibility index (Phi) is 2.49. The van der Waals surface area contributed by atoms with E-state index in [1.165, 1.54) is 0 Å². The minimum absolute atomic E-state index is 0.284. The van der Waals surface area contributed by atoms with Gasteiger partial charge in [0.2, 0.25) is 0 Å². The third-order valence-electron chi connectivity index (χ3n) is 2.46. The van der Waals surface area contributed by atoms with Crippen LogP contribution in [0.2, 0.25) is 0 Å². The Hall–Kier alpha value is -0.570. The van der Waals surface area contributed by atoms with E-state index in [4.69, 9.17) is 11.1 Å². The van der Waals surface area contributed by atoms with Crippen molar-refractivity contribution in [3.05, 3.63) is 0 Å². The monoisotopic (exact) mass is 155 g/mol. The van der Waals surface area contributed by atoms with Gasteiger partial charge in [-0.3, -0.25) is 10.3 Å². The zero-order chi connectivity index (χ0) is 8.43. The Balaban J connectivity index is 2.35. The minimum Gasteiger partial charge on any atom is -0.387 e. The summed E-state index contributed by atoms with van der Waals surface area (Å²) in [4.78, 5) is 2.25. The molecule has 11 heavy (non-hydrogen) atoms. The molecule has 2 unspecified atom stereocenters. The molecule has 1 aliphatic rings. The van der Waals surface area contributed by atoms with Crippen molar-refractivity contribution < 1.29 is 0 Å². The van der Waals surface area contributed by atoms with Gasteiger partial charge in [0.15, 0.2) is 0 Å². The first-order valence-corrected chi connectivity index (χ1v) is 4.15. The Morgan fingerprint density at radius 1 is 1.45 bits per heavy atom. The molecule has 0 aromatic carbocycles. The third kappa shape index (κ3) is 2.19. The zero-order valence-electron chi connectivity index (χ0n) is 7.30. The number of nitrogens with two attached hydrogens (primary N) is 1. The molecule has 0 amide bonds. The molecule has 0 aromatic heterocycles. The van der Waals surface area contributed by atoms with Crippen LogP contribution < -0.4 is 5.73 Å². The number of likely N-dealkylation sites (tertiary alicyclic amines) is 1. The maximum atomic E-state index is 7.13. The SMILES string of the molecule is CC1CN(CC(=N)N)CC1C. The standard InChI is InChI=1S/C8H17N3/c1-6-3-11(4-7(6)2)5-8(9)10/h6-7H,3-5H2,1-2H3,(H3,9,10). The van der Waals surface area contributed by atoms with Gasteiger partial charge in [0.1, 0.15) is 5.84 Å². The number of hydrogen-bond donors (Lipinski definition) is 2. The summed E-state index contributed by atoms with van der Waals surface area (Å²) < 4.78 is 0. The first-order chi connectivity index (χ1) is 5.09. The van der Waals surface area contributed by atoms with Gasteiger partial charge in [-0.25, -0.2) is 0 Å². The van der Waals surface area contributed by atoms with Crippen molar-refractivity contribution in [2.75, 3.05) is 19.6 Å². The number of nitrogens with one attached hydrogen (secondary N) is 1. The van der Waals surface area contributed by atoms with E-state index in [9.17, 15) is 0 Å². The number of nitrogens with zero attached hydrogens (tertiary/aromatic N) is 1. The molecule has 1 rings (SSSR count). The van der Waals surface area contributed by atoms with E-state index in [1.807, 2.05) is 0 Å². The molecule has 2 atom stereocenters. The summed E-state index contributed by atoms with van der Waals surface area (Å²) in [5.41, 5.74) is 5.30. The molecule has 1 aliphatic heterocycles. The molecule has 3 nitrogen and oxygen atoms in total. The van der Waals surface area contributed by atoms with Gasteiger partial charge in [-0.2, -0.15) is 0 Å². The first kappa shape index (κ1) is 8.53. The van der Waals surface area contributed by atoms with Gasteiger partial charge < -0.3 is 5.73 Å². The molecule has 0 spiro atoms. The van der Waals surface area contributed by atoms with Gasteiger partial charge in [0.25, 0.3) is 0 Å². The summed E-state index contributed by atoms with van der Waals surface area (Å²) in [6, 6.07) is 0. The smallest absolute Gasteiger partial charge is 0.105 e. The maximum absolute atomic E-state index is 7.13. The van der Waals surface area contributed by atoms with Crippen molar-refractivity contribution in [3.63, 3.8) is 0 Å². The molecule has 0 saturated carbocycles. The summed E-state index contributed by atoms with van der Waals surface area (Å²) in [5, 5.41) is 7.13. The van der Waals surface area contributed by atoms with Crippen LogP contribution in [-0.4, -0.2) is 30.4 Å². The number of hydrogen-bond acceptors (Lipinski definition) is 2. The largest absolute Gasteiger partial charge is 0.387 e.